The predicted molar refractivity (Wildman–Crippen MR) is 62.5 cm³/mol. The van der Waals surface area contributed by atoms with E-state index >= 15 is 0 Å². The van der Waals surface area contributed by atoms with Crippen molar-refractivity contribution in [2.24, 2.45) is 10.7 Å². The maximum atomic E-state index is 5.74. The Morgan fingerprint density at radius 2 is 2.07 bits per heavy atom. The van der Waals surface area contributed by atoms with Crippen LogP contribution in [0.15, 0.2) is 35.3 Å². The molecule has 1 aliphatic rings. The molecule has 14 heavy (non-hydrogen) atoms. The monoisotopic (exact) mass is 206 g/mol. The van der Waals surface area contributed by atoms with Crippen molar-refractivity contribution in [2.45, 2.75) is 24.6 Å². The Balaban J connectivity index is 2.21. The zero-order chi connectivity index (χ0) is 9.97. The van der Waals surface area contributed by atoms with Gasteiger partial charge in [-0.2, -0.15) is 0 Å². The summed E-state index contributed by atoms with van der Waals surface area (Å²) in [7, 11) is 0. The fourth-order valence-electron chi connectivity index (χ4n) is 1.71. The molecule has 1 aliphatic heterocycles. The minimum atomic E-state index is 0.349. The molecule has 74 valence electrons. The van der Waals surface area contributed by atoms with Crippen molar-refractivity contribution in [1.29, 1.82) is 0 Å². The Morgan fingerprint density at radius 1 is 1.36 bits per heavy atom. The van der Waals surface area contributed by atoms with Gasteiger partial charge in [0.25, 0.3) is 0 Å². The number of nitrogens with two attached hydrogens (primary N) is 1. The van der Waals surface area contributed by atoms with E-state index in [0.717, 1.165) is 11.6 Å². The summed E-state index contributed by atoms with van der Waals surface area (Å²) in [5.41, 5.74) is 7.07. The van der Waals surface area contributed by atoms with Gasteiger partial charge >= 0.3 is 0 Å². The van der Waals surface area contributed by atoms with Crippen molar-refractivity contribution >= 4 is 16.9 Å². The molecule has 0 aliphatic carbocycles. The molecule has 2 nitrogen and oxygen atoms in total. The molecule has 0 aromatic heterocycles. The summed E-state index contributed by atoms with van der Waals surface area (Å²) < 4.78 is 0. The third kappa shape index (κ3) is 1.77. The van der Waals surface area contributed by atoms with Gasteiger partial charge in [0.1, 0.15) is 0 Å². The topological polar surface area (TPSA) is 38.4 Å². The number of nitrogens with zero attached hydrogens (tertiary/aromatic N) is 1. The second kappa shape index (κ2) is 4.05. The SMILES string of the molecule is CCC1N=C(N)SC1c1ccccc1. The van der Waals surface area contributed by atoms with Gasteiger partial charge in [-0.05, 0) is 12.0 Å². The molecule has 0 fully saturated rings. The molecule has 3 heteroatoms. The standard InChI is InChI=1S/C11H14N2S/c1-2-9-10(14-11(12)13-9)8-6-4-3-5-7-8/h3-7,9-10H,2H2,1H3,(H2,12,13). The number of benzene rings is 1. The van der Waals surface area contributed by atoms with Crippen LogP contribution in [0.3, 0.4) is 0 Å². The first-order valence-corrected chi connectivity index (χ1v) is 5.74. The lowest BCUT2D eigenvalue weighted by atomic mass is 10.0. The molecule has 2 unspecified atom stereocenters. The summed E-state index contributed by atoms with van der Waals surface area (Å²) in [4.78, 5) is 4.42. The van der Waals surface area contributed by atoms with E-state index in [1.54, 1.807) is 11.8 Å². The van der Waals surface area contributed by atoms with Crippen LogP contribution in [0.2, 0.25) is 0 Å². The molecule has 0 radical (unpaired) electrons. The van der Waals surface area contributed by atoms with E-state index in [4.69, 9.17) is 5.73 Å². The second-order valence-electron chi connectivity index (χ2n) is 3.39. The third-order valence-corrected chi connectivity index (χ3v) is 3.62. The summed E-state index contributed by atoms with van der Waals surface area (Å²) >= 11 is 1.68. The minimum absolute atomic E-state index is 0.349. The highest BCUT2D eigenvalue weighted by molar-refractivity contribution is 8.14. The van der Waals surface area contributed by atoms with E-state index in [-0.39, 0.29) is 0 Å². The Morgan fingerprint density at radius 3 is 2.71 bits per heavy atom. The molecule has 2 atom stereocenters. The van der Waals surface area contributed by atoms with E-state index < -0.39 is 0 Å². The van der Waals surface area contributed by atoms with E-state index in [0.29, 0.717) is 11.3 Å². The maximum absolute atomic E-state index is 5.74. The highest BCUT2D eigenvalue weighted by atomic mass is 32.2. The highest BCUT2D eigenvalue weighted by Crippen LogP contribution is 2.39. The number of hydrogen-bond donors (Lipinski definition) is 1. The van der Waals surface area contributed by atoms with E-state index in [1.165, 1.54) is 5.56 Å². The first kappa shape index (κ1) is 9.59. The normalized spacial score (nSPS) is 26.2. The second-order valence-corrected chi connectivity index (χ2v) is 4.55. The van der Waals surface area contributed by atoms with Gasteiger partial charge in [0, 0.05) is 0 Å². The van der Waals surface area contributed by atoms with Gasteiger partial charge in [-0.1, -0.05) is 49.0 Å². The van der Waals surface area contributed by atoms with Crippen LogP contribution in [-0.2, 0) is 0 Å². The minimum Gasteiger partial charge on any atom is -0.379 e. The lowest BCUT2D eigenvalue weighted by Crippen LogP contribution is -2.08. The molecule has 1 aromatic rings. The summed E-state index contributed by atoms with van der Waals surface area (Å²) in [6.45, 7) is 2.16. The predicted octanol–water partition coefficient (Wildman–Crippen LogP) is 2.57. The summed E-state index contributed by atoms with van der Waals surface area (Å²) in [5.74, 6) is 0. The van der Waals surface area contributed by atoms with Crippen LogP contribution in [0.25, 0.3) is 0 Å². The zero-order valence-corrected chi connectivity index (χ0v) is 9.00. The summed E-state index contributed by atoms with van der Waals surface area (Å²) in [6, 6.07) is 10.8. The average molecular weight is 206 g/mol. The fourth-order valence-corrected chi connectivity index (χ4v) is 2.87. The van der Waals surface area contributed by atoms with E-state index in [1.807, 2.05) is 6.07 Å². The van der Waals surface area contributed by atoms with Crippen LogP contribution < -0.4 is 5.73 Å². The van der Waals surface area contributed by atoms with Crippen molar-refractivity contribution in [3.05, 3.63) is 35.9 Å². The van der Waals surface area contributed by atoms with Gasteiger partial charge in [0.2, 0.25) is 0 Å². The van der Waals surface area contributed by atoms with Crippen molar-refractivity contribution in [2.75, 3.05) is 0 Å². The molecule has 0 saturated heterocycles. The van der Waals surface area contributed by atoms with Gasteiger partial charge in [-0.25, -0.2) is 0 Å². The lowest BCUT2D eigenvalue weighted by Gasteiger charge is -2.15. The van der Waals surface area contributed by atoms with Gasteiger partial charge in [-0.3, -0.25) is 4.99 Å². The van der Waals surface area contributed by atoms with E-state index in [2.05, 4.69) is 36.2 Å². The van der Waals surface area contributed by atoms with Crippen molar-refractivity contribution < 1.29 is 0 Å². The third-order valence-electron chi connectivity index (χ3n) is 2.44. The first-order chi connectivity index (χ1) is 6.81. The Bertz CT molecular complexity index is 334. The number of aliphatic imine (C=N–C) groups is 1. The number of amidine groups is 1. The van der Waals surface area contributed by atoms with Crippen molar-refractivity contribution in [3.63, 3.8) is 0 Å². The molecule has 1 aromatic carbocycles. The fraction of sp³-hybridized carbons (Fsp3) is 0.364. The molecule has 0 saturated carbocycles. The van der Waals surface area contributed by atoms with Crippen LogP contribution >= 0.6 is 11.8 Å². The number of rotatable bonds is 2. The average Bonchev–Trinajstić information content (AvgIpc) is 2.61. The highest BCUT2D eigenvalue weighted by Gasteiger charge is 2.28. The first-order valence-electron chi connectivity index (χ1n) is 4.86. The maximum Gasteiger partial charge on any atom is 0.154 e. The number of hydrogen-bond acceptors (Lipinski definition) is 3. The molecule has 0 spiro atoms. The molecular formula is C11H14N2S. The molecule has 0 amide bonds. The number of thioether (sulfide) groups is 1. The largest absolute Gasteiger partial charge is 0.379 e. The smallest absolute Gasteiger partial charge is 0.154 e. The molecule has 2 N–H and O–H groups in total. The summed E-state index contributed by atoms with van der Waals surface area (Å²) in [6.07, 6.45) is 1.05. The Kier molecular flexibility index (Phi) is 2.77. The van der Waals surface area contributed by atoms with Crippen LogP contribution in [0, 0.1) is 0 Å². The van der Waals surface area contributed by atoms with E-state index in [9.17, 15) is 0 Å². The quantitative estimate of drug-likeness (QED) is 0.807. The molecule has 0 bridgehead atoms. The van der Waals surface area contributed by atoms with Crippen LogP contribution in [-0.4, -0.2) is 11.2 Å². The van der Waals surface area contributed by atoms with Crippen molar-refractivity contribution in [3.8, 4) is 0 Å². The Labute approximate surface area is 88.6 Å². The van der Waals surface area contributed by atoms with Gasteiger partial charge in [0.05, 0.1) is 11.3 Å². The summed E-state index contributed by atoms with van der Waals surface area (Å²) in [5, 5.41) is 1.15. The Hall–Kier alpha value is -0.960. The van der Waals surface area contributed by atoms with Crippen LogP contribution in [0.5, 0.6) is 0 Å². The van der Waals surface area contributed by atoms with Crippen molar-refractivity contribution in [1.82, 2.24) is 0 Å². The van der Waals surface area contributed by atoms with Crippen LogP contribution in [0.1, 0.15) is 24.2 Å². The van der Waals surface area contributed by atoms with Crippen LogP contribution in [0.4, 0.5) is 0 Å². The lowest BCUT2D eigenvalue weighted by molar-refractivity contribution is 0.648. The zero-order valence-electron chi connectivity index (χ0n) is 8.18. The molecule has 1 heterocycles. The van der Waals surface area contributed by atoms with Gasteiger partial charge in [0.15, 0.2) is 5.17 Å². The molecular weight excluding hydrogens is 192 g/mol. The van der Waals surface area contributed by atoms with Gasteiger partial charge in [-0.15, -0.1) is 0 Å². The molecule has 2 rings (SSSR count). The van der Waals surface area contributed by atoms with Gasteiger partial charge < -0.3 is 5.73 Å².